The lowest BCUT2D eigenvalue weighted by Gasteiger charge is -2.23. The fourth-order valence-electron chi connectivity index (χ4n) is 3.43. The Labute approximate surface area is 161 Å². The molecule has 3 amide bonds. The number of carbonyl (C=O) groups is 2. The van der Waals surface area contributed by atoms with Crippen LogP contribution in [-0.2, 0) is 16.9 Å². The number of imide groups is 1. The van der Waals surface area contributed by atoms with Crippen molar-refractivity contribution in [2.45, 2.75) is 58.5 Å². The highest BCUT2D eigenvalue weighted by molar-refractivity contribution is 6.07. The third kappa shape index (κ3) is 3.61. The SMILES string of the molecule is CC(C)c1ccc(CN2C(=O)N[C@@](C)(c3ccc(C(C)C)cc3)C2=O)cc1. The van der Waals surface area contributed by atoms with Crippen LogP contribution in [0.4, 0.5) is 4.79 Å². The summed E-state index contributed by atoms with van der Waals surface area (Å²) in [4.78, 5) is 26.9. The molecule has 142 valence electrons. The number of rotatable bonds is 5. The van der Waals surface area contributed by atoms with Crippen molar-refractivity contribution >= 4 is 11.9 Å². The molecule has 0 aliphatic carbocycles. The van der Waals surface area contributed by atoms with Crippen LogP contribution in [0.2, 0.25) is 0 Å². The summed E-state index contributed by atoms with van der Waals surface area (Å²) >= 11 is 0. The first kappa shape index (κ1) is 19.2. The Hall–Kier alpha value is -2.62. The molecule has 0 bridgehead atoms. The maximum absolute atomic E-state index is 13.1. The Morgan fingerprint density at radius 2 is 1.33 bits per heavy atom. The maximum atomic E-state index is 13.1. The molecule has 1 heterocycles. The highest BCUT2D eigenvalue weighted by Gasteiger charge is 2.48. The second-order valence-electron chi connectivity index (χ2n) is 8.12. The molecule has 0 saturated carbocycles. The molecule has 0 unspecified atom stereocenters. The standard InChI is InChI=1S/C23H28N2O2/c1-15(2)18-8-6-17(7-9-18)14-25-21(26)23(5,24-22(25)27)20-12-10-19(11-13-20)16(3)4/h6-13,15-16H,14H2,1-5H3,(H,24,27)/t23-/m0/s1. The summed E-state index contributed by atoms with van der Waals surface area (Å²) in [7, 11) is 0. The van der Waals surface area contributed by atoms with Gasteiger partial charge in [-0.1, -0.05) is 76.2 Å². The molecule has 1 aliphatic rings. The summed E-state index contributed by atoms with van der Waals surface area (Å²) in [6.07, 6.45) is 0. The number of hydrogen-bond acceptors (Lipinski definition) is 2. The second-order valence-corrected chi connectivity index (χ2v) is 8.12. The van der Waals surface area contributed by atoms with Gasteiger partial charge in [0.25, 0.3) is 5.91 Å². The average Bonchev–Trinajstić information content (AvgIpc) is 2.86. The number of carbonyl (C=O) groups excluding carboxylic acids is 2. The van der Waals surface area contributed by atoms with Crippen molar-refractivity contribution in [2.24, 2.45) is 0 Å². The summed E-state index contributed by atoms with van der Waals surface area (Å²) < 4.78 is 0. The predicted molar refractivity (Wildman–Crippen MR) is 107 cm³/mol. The molecule has 3 rings (SSSR count). The first-order valence-corrected chi connectivity index (χ1v) is 9.55. The molecular weight excluding hydrogens is 336 g/mol. The lowest BCUT2D eigenvalue weighted by atomic mass is 9.90. The molecule has 0 aromatic heterocycles. The number of nitrogens with zero attached hydrogens (tertiary/aromatic N) is 1. The van der Waals surface area contributed by atoms with E-state index in [1.54, 1.807) is 6.92 Å². The monoisotopic (exact) mass is 364 g/mol. The van der Waals surface area contributed by atoms with Gasteiger partial charge in [0.05, 0.1) is 6.54 Å². The van der Waals surface area contributed by atoms with E-state index in [-0.39, 0.29) is 18.5 Å². The van der Waals surface area contributed by atoms with E-state index in [4.69, 9.17) is 0 Å². The molecule has 1 N–H and O–H groups in total. The minimum Gasteiger partial charge on any atom is -0.319 e. The topological polar surface area (TPSA) is 49.4 Å². The number of amides is 3. The van der Waals surface area contributed by atoms with Crippen LogP contribution in [-0.4, -0.2) is 16.8 Å². The van der Waals surface area contributed by atoms with Crippen molar-refractivity contribution in [1.82, 2.24) is 10.2 Å². The van der Waals surface area contributed by atoms with Gasteiger partial charge in [0.2, 0.25) is 0 Å². The highest BCUT2D eigenvalue weighted by atomic mass is 16.2. The van der Waals surface area contributed by atoms with E-state index in [1.807, 2.05) is 36.4 Å². The van der Waals surface area contributed by atoms with E-state index in [0.717, 1.165) is 11.1 Å². The lowest BCUT2D eigenvalue weighted by Crippen LogP contribution is -2.40. The van der Waals surface area contributed by atoms with Crippen LogP contribution in [0.3, 0.4) is 0 Å². The van der Waals surface area contributed by atoms with E-state index in [1.165, 1.54) is 16.0 Å². The van der Waals surface area contributed by atoms with Crippen molar-refractivity contribution in [1.29, 1.82) is 0 Å². The van der Waals surface area contributed by atoms with E-state index >= 15 is 0 Å². The molecular formula is C23H28N2O2. The van der Waals surface area contributed by atoms with Crippen LogP contribution in [0.1, 0.15) is 68.7 Å². The first-order chi connectivity index (χ1) is 12.7. The molecule has 4 nitrogen and oxygen atoms in total. The summed E-state index contributed by atoms with van der Waals surface area (Å²) in [5.41, 5.74) is 3.18. The van der Waals surface area contributed by atoms with Gasteiger partial charge in [-0.3, -0.25) is 9.69 Å². The number of urea groups is 1. The third-order valence-corrected chi connectivity index (χ3v) is 5.42. The largest absolute Gasteiger partial charge is 0.325 e. The zero-order valence-electron chi connectivity index (χ0n) is 16.7. The number of nitrogens with one attached hydrogen (secondary N) is 1. The molecule has 0 spiro atoms. The fraction of sp³-hybridized carbons (Fsp3) is 0.391. The molecule has 1 aliphatic heterocycles. The van der Waals surface area contributed by atoms with Gasteiger partial charge in [0.1, 0.15) is 5.54 Å². The van der Waals surface area contributed by atoms with E-state index in [0.29, 0.717) is 11.8 Å². The van der Waals surface area contributed by atoms with Crippen molar-refractivity contribution in [3.63, 3.8) is 0 Å². The minimum absolute atomic E-state index is 0.210. The van der Waals surface area contributed by atoms with Gasteiger partial charge in [-0.2, -0.15) is 0 Å². The van der Waals surface area contributed by atoms with Crippen molar-refractivity contribution in [3.8, 4) is 0 Å². The molecule has 0 radical (unpaired) electrons. The van der Waals surface area contributed by atoms with Crippen LogP contribution < -0.4 is 5.32 Å². The smallest absolute Gasteiger partial charge is 0.319 e. The summed E-state index contributed by atoms with van der Waals surface area (Å²) in [6.45, 7) is 10.6. The van der Waals surface area contributed by atoms with Gasteiger partial charge in [-0.15, -0.1) is 0 Å². The van der Waals surface area contributed by atoms with E-state index in [2.05, 4.69) is 45.1 Å². The predicted octanol–water partition coefficient (Wildman–Crippen LogP) is 4.90. The molecule has 1 fully saturated rings. The van der Waals surface area contributed by atoms with Crippen LogP contribution in [0.5, 0.6) is 0 Å². The van der Waals surface area contributed by atoms with Gasteiger partial charge in [-0.05, 0) is 41.0 Å². The Kier molecular flexibility index (Phi) is 5.09. The zero-order valence-corrected chi connectivity index (χ0v) is 16.7. The first-order valence-electron chi connectivity index (χ1n) is 9.55. The molecule has 27 heavy (non-hydrogen) atoms. The molecule has 4 heteroatoms. The van der Waals surface area contributed by atoms with Crippen LogP contribution >= 0.6 is 0 Å². The van der Waals surface area contributed by atoms with Crippen molar-refractivity contribution in [3.05, 3.63) is 70.8 Å². The lowest BCUT2D eigenvalue weighted by molar-refractivity contribution is -0.131. The number of hydrogen-bond donors (Lipinski definition) is 1. The maximum Gasteiger partial charge on any atom is 0.325 e. The Morgan fingerprint density at radius 3 is 1.81 bits per heavy atom. The highest BCUT2D eigenvalue weighted by Crippen LogP contribution is 2.31. The third-order valence-electron chi connectivity index (χ3n) is 5.42. The van der Waals surface area contributed by atoms with Gasteiger partial charge < -0.3 is 5.32 Å². The molecule has 2 aromatic rings. The van der Waals surface area contributed by atoms with Crippen LogP contribution in [0.15, 0.2) is 48.5 Å². The Morgan fingerprint density at radius 1 is 0.852 bits per heavy atom. The second kappa shape index (κ2) is 7.18. The summed E-state index contributed by atoms with van der Waals surface area (Å²) in [6, 6.07) is 15.7. The van der Waals surface area contributed by atoms with Crippen molar-refractivity contribution < 1.29 is 9.59 Å². The van der Waals surface area contributed by atoms with Gasteiger partial charge in [0.15, 0.2) is 0 Å². The van der Waals surface area contributed by atoms with E-state index in [9.17, 15) is 9.59 Å². The molecule has 1 atom stereocenters. The molecule has 1 saturated heterocycles. The zero-order chi connectivity index (χ0) is 19.8. The van der Waals surface area contributed by atoms with Gasteiger partial charge in [0, 0.05) is 0 Å². The normalized spacial score (nSPS) is 19.9. The Balaban J connectivity index is 1.81. The fourth-order valence-corrected chi connectivity index (χ4v) is 3.43. The van der Waals surface area contributed by atoms with E-state index < -0.39 is 5.54 Å². The van der Waals surface area contributed by atoms with Gasteiger partial charge in [-0.25, -0.2) is 4.79 Å². The number of benzene rings is 2. The average molecular weight is 364 g/mol. The Bertz CT molecular complexity index is 838. The minimum atomic E-state index is -1.02. The van der Waals surface area contributed by atoms with Gasteiger partial charge >= 0.3 is 6.03 Å². The van der Waals surface area contributed by atoms with Crippen LogP contribution in [0.25, 0.3) is 0 Å². The summed E-state index contributed by atoms with van der Waals surface area (Å²) in [5.74, 6) is 0.664. The van der Waals surface area contributed by atoms with Crippen molar-refractivity contribution in [2.75, 3.05) is 0 Å². The van der Waals surface area contributed by atoms with Crippen LogP contribution in [0, 0.1) is 0 Å². The quantitative estimate of drug-likeness (QED) is 0.767. The molecule has 2 aromatic carbocycles. The summed E-state index contributed by atoms with van der Waals surface area (Å²) in [5, 5.41) is 2.88.